The van der Waals surface area contributed by atoms with E-state index in [2.05, 4.69) is 39.0 Å². The topological polar surface area (TPSA) is 73.5 Å². The van der Waals surface area contributed by atoms with Crippen LogP contribution in [-0.4, -0.2) is 49.6 Å². The predicted molar refractivity (Wildman–Crippen MR) is 136 cm³/mol. The van der Waals surface area contributed by atoms with Crippen molar-refractivity contribution in [1.29, 1.82) is 0 Å². The molecule has 1 aromatic heterocycles. The molecule has 0 radical (unpaired) electrons. The van der Waals surface area contributed by atoms with Gasteiger partial charge in [-0.05, 0) is 60.0 Å². The number of fused-ring (bicyclic) bond motifs is 4. The smallest absolute Gasteiger partial charge is 0.314 e. The Labute approximate surface area is 204 Å². The Morgan fingerprint density at radius 2 is 1.82 bits per heavy atom. The highest BCUT2D eigenvalue weighted by atomic mass is 35.5. The molecule has 3 amide bonds. The summed E-state index contributed by atoms with van der Waals surface area (Å²) >= 11 is 1.55. The summed E-state index contributed by atoms with van der Waals surface area (Å²) in [5.41, 5.74) is 3.19. The number of amides is 3. The van der Waals surface area contributed by atoms with Crippen molar-refractivity contribution in [3.05, 3.63) is 59.0 Å². The summed E-state index contributed by atoms with van der Waals surface area (Å²) in [4.78, 5) is 28.0. The summed E-state index contributed by atoms with van der Waals surface area (Å²) in [6.07, 6.45) is 2.37. The van der Waals surface area contributed by atoms with Crippen molar-refractivity contribution in [3.8, 4) is 11.1 Å². The Morgan fingerprint density at radius 1 is 1.06 bits per heavy atom. The van der Waals surface area contributed by atoms with Gasteiger partial charge < -0.3 is 20.9 Å². The minimum Gasteiger partial charge on any atom is -0.347 e. The number of urea groups is 1. The van der Waals surface area contributed by atoms with Crippen LogP contribution < -0.4 is 16.0 Å². The van der Waals surface area contributed by atoms with E-state index in [1.54, 1.807) is 18.4 Å². The van der Waals surface area contributed by atoms with E-state index in [1.807, 2.05) is 30.3 Å². The molecule has 1 atom stereocenters. The Hall–Kier alpha value is -2.61. The van der Waals surface area contributed by atoms with Gasteiger partial charge in [-0.25, -0.2) is 4.79 Å². The lowest BCUT2D eigenvalue weighted by Gasteiger charge is -2.44. The largest absolute Gasteiger partial charge is 0.347 e. The van der Waals surface area contributed by atoms with E-state index in [-0.39, 0.29) is 30.4 Å². The van der Waals surface area contributed by atoms with Crippen LogP contribution in [0.25, 0.3) is 21.2 Å². The van der Waals surface area contributed by atoms with Crippen molar-refractivity contribution in [3.63, 3.8) is 0 Å². The fourth-order valence-corrected chi connectivity index (χ4v) is 6.05. The molecule has 0 spiro atoms. The molecule has 2 bridgehead atoms. The van der Waals surface area contributed by atoms with Crippen LogP contribution in [0.3, 0.4) is 0 Å². The van der Waals surface area contributed by atoms with E-state index in [4.69, 9.17) is 0 Å². The van der Waals surface area contributed by atoms with Crippen molar-refractivity contribution in [2.24, 2.45) is 5.92 Å². The molecule has 6 nitrogen and oxygen atoms in total. The van der Waals surface area contributed by atoms with Gasteiger partial charge in [-0.15, -0.1) is 23.7 Å². The number of nitrogens with one attached hydrogen (secondary N) is 3. The molecule has 3 aliphatic rings. The molecule has 3 fully saturated rings. The zero-order valence-electron chi connectivity index (χ0n) is 18.6. The maximum Gasteiger partial charge on any atom is 0.314 e. The number of rotatable bonds is 5. The summed E-state index contributed by atoms with van der Waals surface area (Å²) in [5, 5.41) is 9.84. The van der Waals surface area contributed by atoms with Gasteiger partial charge in [0, 0.05) is 30.9 Å². The van der Waals surface area contributed by atoms with E-state index in [0.29, 0.717) is 12.5 Å². The lowest BCUT2D eigenvalue weighted by atomic mass is 9.84. The van der Waals surface area contributed by atoms with E-state index in [0.717, 1.165) is 51.3 Å². The zero-order valence-corrected chi connectivity index (χ0v) is 20.2. The van der Waals surface area contributed by atoms with Crippen molar-refractivity contribution in [2.75, 3.05) is 26.7 Å². The normalized spacial score (nSPS) is 21.3. The molecule has 3 aromatic rings. The molecule has 174 valence electrons. The fourth-order valence-electron chi connectivity index (χ4n) is 4.96. The van der Waals surface area contributed by atoms with Crippen LogP contribution in [0.15, 0.2) is 48.5 Å². The lowest BCUT2D eigenvalue weighted by molar-refractivity contribution is 0.0622. The molecule has 2 aromatic carbocycles. The molecule has 8 heteroatoms. The molecule has 0 unspecified atom stereocenters. The van der Waals surface area contributed by atoms with Crippen molar-refractivity contribution in [1.82, 2.24) is 20.9 Å². The summed E-state index contributed by atoms with van der Waals surface area (Å²) in [6, 6.07) is 16.3. The van der Waals surface area contributed by atoms with E-state index in [9.17, 15) is 9.59 Å². The quantitative estimate of drug-likeness (QED) is 0.507. The molecule has 3 N–H and O–H groups in total. The van der Waals surface area contributed by atoms with Gasteiger partial charge in [0.25, 0.3) is 5.91 Å². The SMILES string of the molecule is CNC(=O)NCc1ccccc1-c1cccc2cc(C(=O)N[C@H]3CN4CCC3CC4)sc12.Cl. The highest BCUT2D eigenvalue weighted by Gasteiger charge is 2.35. The second-order valence-electron chi connectivity index (χ2n) is 8.64. The molecule has 3 saturated heterocycles. The van der Waals surface area contributed by atoms with Crippen LogP contribution in [0.2, 0.25) is 0 Å². The lowest BCUT2D eigenvalue weighted by Crippen LogP contribution is -2.57. The van der Waals surface area contributed by atoms with Crippen molar-refractivity contribution >= 4 is 45.8 Å². The van der Waals surface area contributed by atoms with Gasteiger partial charge in [-0.1, -0.05) is 42.5 Å². The van der Waals surface area contributed by atoms with Gasteiger partial charge in [0.2, 0.25) is 0 Å². The van der Waals surface area contributed by atoms with Crippen LogP contribution in [-0.2, 0) is 6.54 Å². The number of hydrogen-bond donors (Lipinski definition) is 3. The molecule has 4 heterocycles. The molecule has 0 saturated carbocycles. The number of thiophene rings is 1. The van der Waals surface area contributed by atoms with Crippen LogP contribution in [0.4, 0.5) is 4.79 Å². The minimum atomic E-state index is -0.208. The summed E-state index contributed by atoms with van der Waals surface area (Å²) in [5.74, 6) is 0.638. The van der Waals surface area contributed by atoms with Crippen LogP contribution >= 0.6 is 23.7 Å². The van der Waals surface area contributed by atoms with Gasteiger partial charge in [0.1, 0.15) is 0 Å². The average Bonchev–Trinajstić information content (AvgIpc) is 3.28. The highest BCUT2D eigenvalue weighted by molar-refractivity contribution is 7.21. The van der Waals surface area contributed by atoms with Gasteiger partial charge in [-0.3, -0.25) is 4.79 Å². The number of carbonyl (C=O) groups is 2. The molecular formula is C25H29ClN4O2S. The first-order valence-corrected chi connectivity index (χ1v) is 12.0. The van der Waals surface area contributed by atoms with Gasteiger partial charge in [0.05, 0.1) is 4.88 Å². The van der Waals surface area contributed by atoms with Crippen molar-refractivity contribution in [2.45, 2.75) is 25.4 Å². The van der Waals surface area contributed by atoms with Gasteiger partial charge in [-0.2, -0.15) is 0 Å². The third-order valence-electron chi connectivity index (χ3n) is 6.71. The summed E-state index contributed by atoms with van der Waals surface area (Å²) < 4.78 is 1.10. The first-order chi connectivity index (χ1) is 15.6. The number of hydrogen-bond acceptors (Lipinski definition) is 4. The summed E-state index contributed by atoms with van der Waals surface area (Å²) in [6.45, 7) is 3.73. The molecular weight excluding hydrogens is 456 g/mol. The van der Waals surface area contributed by atoms with E-state index >= 15 is 0 Å². The maximum absolute atomic E-state index is 13.1. The van der Waals surface area contributed by atoms with E-state index in [1.165, 1.54) is 12.8 Å². The van der Waals surface area contributed by atoms with Crippen LogP contribution in [0.1, 0.15) is 28.1 Å². The van der Waals surface area contributed by atoms with Crippen LogP contribution in [0.5, 0.6) is 0 Å². The maximum atomic E-state index is 13.1. The van der Waals surface area contributed by atoms with Crippen molar-refractivity contribution < 1.29 is 9.59 Å². The van der Waals surface area contributed by atoms with Gasteiger partial charge in [0.15, 0.2) is 0 Å². The third-order valence-corrected chi connectivity index (χ3v) is 7.90. The number of nitrogens with zero attached hydrogens (tertiary/aromatic N) is 1. The zero-order chi connectivity index (χ0) is 22.1. The minimum absolute atomic E-state index is 0. The summed E-state index contributed by atoms with van der Waals surface area (Å²) in [7, 11) is 1.61. The number of carbonyl (C=O) groups excluding carboxylic acids is 2. The third kappa shape index (κ3) is 4.86. The predicted octanol–water partition coefficient (Wildman–Crippen LogP) is 4.24. The fraction of sp³-hybridized carbons (Fsp3) is 0.360. The first-order valence-electron chi connectivity index (χ1n) is 11.2. The standard InChI is InChI=1S/C25H28N4O2S.ClH/c1-26-25(31)27-14-18-5-2-3-7-19(18)20-8-4-6-17-13-22(32-23(17)20)24(30)28-21-15-29-11-9-16(21)10-12-29;/h2-8,13,16,21H,9-12,14-15H2,1H3,(H,28,30)(H2,26,27,31);1H/t21-;/m0./s1. The Balaban J connectivity index is 0.00000259. The van der Waals surface area contributed by atoms with Crippen LogP contribution in [0, 0.1) is 5.92 Å². The highest BCUT2D eigenvalue weighted by Crippen LogP contribution is 2.37. The molecule has 0 aliphatic carbocycles. The first kappa shape index (κ1) is 23.5. The number of halogens is 1. The second-order valence-corrected chi connectivity index (χ2v) is 9.69. The Bertz CT molecular complexity index is 1160. The second kappa shape index (κ2) is 10.1. The number of piperidine rings is 3. The van der Waals surface area contributed by atoms with E-state index < -0.39 is 0 Å². The molecule has 3 aliphatic heterocycles. The Kier molecular flexibility index (Phi) is 7.22. The molecule has 33 heavy (non-hydrogen) atoms. The monoisotopic (exact) mass is 484 g/mol. The molecule has 6 rings (SSSR count). The Morgan fingerprint density at radius 3 is 2.55 bits per heavy atom. The number of benzene rings is 2. The average molecular weight is 485 g/mol. The van der Waals surface area contributed by atoms with Gasteiger partial charge >= 0.3 is 6.03 Å².